The van der Waals surface area contributed by atoms with Crippen LogP contribution in [0.1, 0.15) is 29.6 Å². The van der Waals surface area contributed by atoms with Crippen molar-refractivity contribution in [1.29, 1.82) is 0 Å². The number of para-hydroxylation sites is 1. The van der Waals surface area contributed by atoms with Crippen LogP contribution < -0.4 is 4.74 Å². The molecule has 0 bridgehead atoms. The molecule has 0 saturated carbocycles. The zero-order valence-electron chi connectivity index (χ0n) is 17.7. The second-order valence-electron chi connectivity index (χ2n) is 7.97. The molecule has 29 heavy (non-hydrogen) atoms. The third-order valence-corrected chi connectivity index (χ3v) is 5.93. The Hall–Kier alpha value is -2.37. The molecule has 2 atom stereocenters. The Morgan fingerprint density at radius 3 is 2.55 bits per heavy atom. The summed E-state index contributed by atoms with van der Waals surface area (Å²) in [5.74, 6) is 1.30. The molecule has 0 unspecified atom stereocenters. The van der Waals surface area contributed by atoms with Crippen LogP contribution in [-0.4, -0.2) is 67.8 Å². The Kier molecular flexibility index (Phi) is 7.29. The summed E-state index contributed by atoms with van der Waals surface area (Å²) < 4.78 is 5.45. The van der Waals surface area contributed by atoms with Gasteiger partial charge in [-0.3, -0.25) is 4.79 Å². The lowest BCUT2D eigenvalue weighted by Crippen LogP contribution is -2.50. The predicted octanol–water partition coefficient (Wildman–Crippen LogP) is 3.53. The van der Waals surface area contributed by atoms with Gasteiger partial charge in [0.1, 0.15) is 5.75 Å². The highest BCUT2D eigenvalue weighted by Crippen LogP contribution is 2.30. The average Bonchev–Trinajstić information content (AvgIpc) is 2.77. The molecule has 1 aliphatic rings. The van der Waals surface area contributed by atoms with Crippen LogP contribution in [0.25, 0.3) is 11.1 Å². The molecule has 0 radical (unpaired) electrons. The summed E-state index contributed by atoms with van der Waals surface area (Å²) in [6.07, 6.45) is 2.69. The lowest BCUT2D eigenvalue weighted by Gasteiger charge is -2.41. The molecule has 1 fully saturated rings. The topological polar surface area (TPSA) is 53.0 Å². The van der Waals surface area contributed by atoms with E-state index in [0.717, 1.165) is 49.2 Å². The van der Waals surface area contributed by atoms with Crippen molar-refractivity contribution >= 4 is 5.91 Å². The molecular weight excluding hydrogens is 364 g/mol. The fourth-order valence-corrected chi connectivity index (χ4v) is 4.38. The molecule has 0 aliphatic carbocycles. The van der Waals surface area contributed by atoms with E-state index >= 15 is 0 Å². The fraction of sp³-hybridized carbons (Fsp3) is 0.458. The van der Waals surface area contributed by atoms with Crippen LogP contribution in [0.5, 0.6) is 5.75 Å². The Bertz CT molecular complexity index is 804. The smallest absolute Gasteiger partial charge is 0.253 e. The van der Waals surface area contributed by atoms with Gasteiger partial charge in [-0.25, -0.2) is 0 Å². The second kappa shape index (κ2) is 9.90. The van der Waals surface area contributed by atoms with Gasteiger partial charge in [0.05, 0.1) is 7.11 Å². The highest BCUT2D eigenvalue weighted by atomic mass is 16.5. The first-order chi connectivity index (χ1) is 14.0. The monoisotopic (exact) mass is 396 g/mol. The summed E-state index contributed by atoms with van der Waals surface area (Å²) in [5.41, 5.74) is 2.77. The summed E-state index contributed by atoms with van der Waals surface area (Å²) in [6, 6.07) is 16.1. The Labute approximate surface area is 173 Å². The third-order valence-electron chi connectivity index (χ3n) is 5.93. The molecule has 1 saturated heterocycles. The zero-order chi connectivity index (χ0) is 20.8. The van der Waals surface area contributed by atoms with Gasteiger partial charge >= 0.3 is 0 Å². The van der Waals surface area contributed by atoms with Gasteiger partial charge in [0, 0.05) is 36.9 Å². The fourth-order valence-electron chi connectivity index (χ4n) is 4.38. The van der Waals surface area contributed by atoms with E-state index in [2.05, 4.69) is 19.0 Å². The van der Waals surface area contributed by atoms with E-state index in [1.54, 1.807) is 7.11 Å². The van der Waals surface area contributed by atoms with Gasteiger partial charge in [0.2, 0.25) is 0 Å². The molecular formula is C24H32N2O3. The van der Waals surface area contributed by atoms with Gasteiger partial charge in [-0.2, -0.15) is 0 Å². The highest BCUT2D eigenvalue weighted by Gasteiger charge is 2.32. The number of ether oxygens (including phenoxy) is 1. The minimum Gasteiger partial charge on any atom is -0.496 e. The van der Waals surface area contributed by atoms with Crippen molar-refractivity contribution < 1.29 is 14.6 Å². The Morgan fingerprint density at radius 2 is 1.90 bits per heavy atom. The first-order valence-electron chi connectivity index (χ1n) is 10.3. The largest absolute Gasteiger partial charge is 0.496 e. The average molecular weight is 397 g/mol. The van der Waals surface area contributed by atoms with Gasteiger partial charge in [-0.15, -0.1) is 0 Å². The number of methoxy groups -OCH3 is 1. The number of hydrogen-bond acceptors (Lipinski definition) is 4. The van der Waals surface area contributed by atoms with Crippen molar-refractivity contribution in [2.75, 3.05) is 40.9 Å². The molecule has 1 heterocycles. The van der Waals surface area contributed by atoms with Crippen molar-refractivity contribution in [1.82, 2.24) is 9.80 Å². The van der Waals surface area contributed by atoms with Gasteiger partial charge in [-0.1, -0.05) is 30.3 Å². The maximum absolute atomic E-state index is 13.1. The third kappa shape index (κ3) is 4.98. The van der Waals surface area contributed by atoms with E-state index in [0.29, 0.717) is 17.5 Å². The number of aliphatic hydroxyl groups is 1. The maximum Gasteiger partial charge on any atom is 0.253 e. The number of nitrogens with zero attached hydrogens (tertiary/aromatic N) is 2. The molecule has 5 heteroatoms. The van der Waals surface area contributed by atoms with Crippen molar-refractivity contribution in [2.45, 2.75) is 25.3 Å². The van der Waals surface area contributed by atoms with E-state index in [-0.39, 0.29) is 12.5 Å². The predicted molar refractivity (Wildman–Crippen MR) is 116 cm³/mol. The van der Waals surface area contributed by atoms with Gasteiger partial charge in [-0.05, 0) is 63.0 Å². The standard InChI is InChI=1S/C24H32N2O3/c1-25(2)22-14-15-26(17-20(22)7-6-16-27)24(28)19-12-10-18(11-13-19)21-8-4-5-9-23(21)29-3/h4-5,8-13,20,22,27H,6-7,14-17H2,1-3H3/t20-,22+/m0/s1. The van der Waals surface area contributed by atoms with E-state index in [4.69, 9.17) is 4.74 Å². The first-order valence-corrected chi connectivity index (χ1v) is 10.3. The van der Waals surface area contributed by atoms with Crippen LogP contribution in [-0.2, 0) is 0 Å². The number of hydrogen-bond donors (Lipinski definition) is 1. The summed E-state index contributed by atoms with van der Waals surface area (Å²) in [5, 5.41) is 9.23. The van der Waals surface area contributed by atoms with Crippen LogP contribution in [0.2, 0.25) is 0 Å². The highest BCUT2D eigenvalue weighted by molar-refractivity contribution is 5.95. The second-order valence-corrected chi connectivity index (χ2v) is 7.97. The molecule has 3 rings (SSSR count). The van der Waals surface area contributed by atoms with E-state index in [9.17, 15) is 9.90 Å². The SMILES string of the molecule is COc1ccccc1-c1ccc(C(=O)N2CC[C@@H](N(C)C)[C@@H](CCCO)C2)cc1. The number of amides is 1. The van der Waals surface area contributed by atoms with Crippen molar-refractivity contribution in [3.05, 3.63) is 54.1 Å². The number of piperidine rings is 1. The van der Waals surface area contributed by atoms with Crippen LogP contribution in [0.15, 0.2) is 48.5 Å². The normalized spacial score (nSPS) is 19.4. The summed E-state index contributed by atoms with van der Waals surface area (Å²) in [4.78, 5) is 17.3. The molecule has 156 valence electrons. The minimum atomic E-state index is 0.0859. The number of carbonyl (C=O) groups excluding carboxylic acids is 1. The molecule has 1 aliphatic heterocycles. The number of rotatable bonds is 7. The van der Waals surface area contributed by atoms with Gasteiger partial charge in [0.25, 0.3) is 5.91 Å². The van der Waals surface area contributed by atoms with Crippen LogP contribution in [0, 0.1) is 5.92 Å². The van der Waals surface area contributed by atoms with E-state index in [1.165, 1.54) is 0 Å². The number of likely N-dealkylation sites (tertiary alicyclic amines) is 1. The molecule has 2 aromatic rings. The Balaban J connectivity index is 1.73. The Morgan fingerprint density at radius 1 is 1.17 bits per heavy atom. The lowest BCUT2D eigenvalue weighted by molar-refractivity contribution is 0.0495. The zero-order valence-corrected chi connectivity index (χ0v) is 17.7. The minimum absolute atomic E-state index is 0.0859. The molecule has 5 nitrogen and oxygen atoms in total. The maximum atomic E-state index is 13.1. The van der Waals surface area contributed by atoms with Crippen LogP contribution in [0.4, 0.5) is 0 Å². The number of carbonyl (C=O) groups is 1. The molecule has 0 spiro atoms. The number of benzene rings is 2. The quantitative estimate of drug-likeness (QED) is 0.778. The van der Waals surface area contributed by atoms with Crippen molar-refractivity contribution in [3.63, 3.8) is 0 Å². The van der Waals surface area contributed by atoms with Crippen LogP contribution >= 0.6 is 0 Å². The summed E-state index contributed by atoms with van der Waals surface area (Å²) >= 11 is 0. The van der Waals surface area contributed by atoms with Crippen molar-refractivity contribution in [3.8, 4) is 16.9 Å². The van der Waals surface area contributed by atoms with Crippen LogP contribution in [0.3, 0.4) is 0 Å². The summed E-state index contributed by atoms with van der Waals surface area (Å²) in [7, 11) is 5.87. The molecule has 2 aromatic carbocycles. The number of aliphatic hydroxyl groups excluding tert-OH is 1. The first kappa shape index (κ1) is 21.3. The van der Waals surface area contributed by atoms with Crippen molar-refractivity contribution in [2.24, 2.45) is 5.92 Å². The molecule has 1 N–H and O–H groups in total. The van der Waals surface area contributed by atoms with E-state index in [1.807, 2.05) is 53.4 Å². The molecule has 0 aromatic heterocycles. The van der Waals surface area contributed by atoms with Gasteiger partial charge < -0.3 is 19.6 Å². The van der Waals surface area contributed by atoms with Gasteiger partial charge in [0.15, 0.2) is 0 Å². The molecule has 1 amide bonds. The lowest BCUT2D eigenvalue weighted by atomic mass is 9.87. The van der Waals surface area contributed by atoms with E-state index < -0.39 is 0 Å². The summed E-state index contributed by atoms with van der Waals surface area (Å²) in [6.45, 7) is 1.72.